The van der Waals surface area contributed by atoms with Crippen molar-refractivity contribution >= 4 is 17.4 Å². The minimum Gasteiger partial charge on any atom is -0.493 e. The number of nitrogens with zero attached hydrogens (tertiary/aromatic N) is 2. The molecule has 3 aromatic rings. The summed E-state index contributed by atoms with van der Waals surface area (Å²) in [5.74, 6) is 1.03. The van der Waals surface area contributed by atoms with Crippen molar-refractivity contribution < 1.29 is 14.3 Å². The molecule has 0 spiro atoms. The number of carbonyl (C=O) groups excluding carboxylic acids is 2. The van der Waals surface area contributed by atoms with E-state index in [-0.39, 0.29) is 29.3 Å². The topological polar surface area (TPSA) is 61.9 Å². The molecule has 43 heavy (non-hydrogen) atoms. The third kappa shape index (κ3) is 7.37. The van der Waals surface area contributed by atoms with Crippen LogP contribution < -0.4 is 10.1 Å². The highest BCUT2D eigenvalue weighted by molar-refractivity contribution is 6.03. The van der Waals surface area contributed by atoms with Gasteiger partial charge in [-0.15, -0.1) is 0 Å². The van der Waals surface area contributed by atoms with Gasteiger partial charge >= 0.3 is 0 Å². The van der Waals surface area contributed by atoms with Crippen LogP contribution in [0.3, 0.4) is 0 Å². The molecule has 6 heteroatoms. The van der Waals surface area contributed by atoms with Crippen molar-refractivity contribution in [2.75, 3.05) is 33.3 Å². The van der Waals surface area contributed by atoms with Gasteiger partial charge in [-0.3, -0.25) is 9.59 Å². The van der Waals surface area contributed by atoms with Crippen LogP contribution in [0, 0.1) is 0 Å². The Hall–Kier alpha value is -3.90. The molecule has 2 amide bonds. The molecule has 0 unspecified atom stereocenters. The first-order chi connectivity index (χ1) is 20.6. The molecule has 3 aromatic carbocycles. The number of para-hydroxylation sites is 1. The predicted octanol–water partition coefficient (Wildman–Crippen LogP) is 5.65. The van der Waals surface area contributed by atoms with Gasteiger partial charge in [-0.05, 0) is 52.1 Å². The van der Waals surface area contributed by atoms with Crippen LogP contribution in [0.15, 0.2) is 84.4 Å². The molecule has 0 radical (unpaired) electrons. The highest BCUT2D eigenvalue weighted by atomic mass is 16.5. The van der Waals surface area contributed by atoms with Gasteiger partial charge in [-0.1, -0.05) is 93.6 Å². The molecular weight excluding hydrogens is 534 g/mol. The number of hydrogen-bond acceptors (Lipinski definition) is 4. The van der Waals surface area contributed by atoms with Crippen LogP contribution in [0.2, 0.25) is 0 Å². The summed E-state index contributed by atoms with van der Waals surface area (Å²) in [6.45, 7) is 10.6. The molecule has 1 N–H and O–H groups in total. The second-order valence-corrected chi connectivity index (χ2v) is 12.9. The highest BCUT2D eigenvalue weighted by Crippen LogP contribution is 2.35. The maximum absolute atomic E-state index is 14.0. The van der Waals surface area contributed by atoms with E-state index in [1.165, 1.54) is 16.7 Å². The van der Waals surface area contributed by atoms with Crippen molar-refractivity contribution in [3.05, 3.63) is 107 Å². The van der Waals surface area contributed by atoms with Crippen LogP contribution in [0.1, 0.15) is 56.4 Å². The molecule has 226 valence electrons. The molecule has 1 saturated heterocycles. The predicted molar refractivity (Wildman–Crippen MR) is 173 cm³/mol. The Bertz CT molecular complexity index is 1460. The van der Waals surface area contributed by atoms with Crippen LogP contribution in [-0.4, -0.2) is 67.0 Å². The average molecular weight is 580 g/mol. The molecule has 0 aromatic heterocycles. The second kappa shape index (κ2) is 13.2. The summed E-state index contributed by atoms with van der Waals surface area (Å²) < 4.78 is 6.22. The summed E-state index contributed by atoms with van der Waals surface area (Å²) in [6.07, 6.45) is 2.30. The highest BCUT2D eigenvalue weighted by Gasteiger charge is 2.39. The van der Waals surface area contributed by atoms with Crippen molar-refractivity contribution in [2.45, 2.75) is 64.5 Å². The number of carbonyl (C=O) groups is 2. The van der Waals surface area contributed by atoms with Gasteiger partial charge in [0.05, 0.1) is 12.6 Å². The minimum absolute atomic E-state index is 0.0192. The Kier molecular flexibility index (Phi) is 9.36. The van der Waals surface area contributed by atoms with Gasteiger partial charge in [0.1, 0.15) is 5.75 Å². The SMILES string of the molecule is CC(=O)N1C[C@H]2CC(c3ccc(CCOc4ccccc4C(C)(C)C)cc3)=C(C(=O)N(C)CCc3ccccc3)[C@@H](C1)N2. The van der Waals surface area contributed by atoms with Gasteiger partial charge in [0.15, 0.2) is 0 Å². The lowest BCUT2D eigenvalue weighted by Gasteiger charge is -2.44. The van der Waals surface area contributed by atoms with Crippen LogP contribution >= 0.6 is 0 Å². The first-order valence-electron chi connectivity index (χ1n) is 15.5. The monoisotopic (exact) mass is 579 g/mol. The normalized spacial score (nSPS) is 18.4. The molecule has 5 rings (SSSR count). The Balaban J connectivity index is 1.34. The van der Waals surface area contributed by atoms with E-state index in [9.17, 15) is 9.59 Å². The molecule has 2 atom stereocenters. The summed E-state index contributed by atoms with van der Waals surface area (Å²) in [4.78, 5) is 30.0. The van der Waals surface area contributed by atoms with Crippen LogP contribution in [0.25, 0.3) is 5.57 Å². The molecule has 2 aliphatic heterocycles. The zero-order valence-corrected chi connectivity index (χ0v) is 26.2. The first-order valence-corrected chi connectivity index (χ1v) is 15.5. The number of likely N-dealkylation sites (N-methyl/N-ethyl adjacent to an activating group) is 1. The van der Waals surface area contributed by atoms with E-state index in [0.717, 1.165) is 35.3 Å². The fourth-order valence-corrected chi connectivity index (χ4v) is 6.24. The van der Waals surface area contributed by atoms with E-state index in [1.54, 1.807) is 6.92 Å². The van der Waals surface area contributed by atoms with E-state index in [0.29, 0.717) is 32.7 Å². The fourth-order valence-electron chi connectivity index (χ4n) is 6.24. The molecule has 6 nitrogen and oxygen atoms in total. The van der Waals surface area contributed by atoms with Crippen molar-refractivity contribution in [2.24, 2.45) is 0 Å². The van der Waals surface area contributed by atoms with Gasteiger partial charge in [-0.2, -0.15) is 0 Å². The smallest absolute Gasteiger partial charge is 0.251 e. The number of hydrogen-bond donors (Lipinski definition) is 1. The summed E-state index contributed by atoms with van der Waals surface area (Å²) in [7, 11) is 1.88. The lowest BCUT2D eigenvalue weighted by atomic mass is 9.82. The number of amides is 2. The Morgan fingerprint density at radius 1 is 0.907 bits per heavy atom. The summed E-state index contributed by atoms with van der Waals surface area (Å²) in [5.41, 5.74) is 6.59. The Morgan fingerprint density at radius 3 is 2.28 bits per heavy atom. The number of ether oxygens (including phenoxy) is 1. The van der Waals surface area contributed by atoms with E-state index < -0.39 is 0 Å². The molecule has 2 aliphatic rings. The standard InChI is InChI=1S/C37H45N3O3/c1-26(41)40-24-30-23-31(35(33(25-40)38-30)36(42)39(5)21-19-27-11-7-6-8-12-27)29-17-15-28(16-18-29)20-22-43-34-14-10-9-13-32(34)37(2,3)4/h6-18,30,33,38H,19-25H2,1-5H3/t30-,33-/m1/s1. The summed E-state index contributed by atoms with van der Waals surface area (Å²) in [5, 5.41) is 3.65. The average Bonchev–Trinajstić information content (AvgIpc) is 2.99. The first kappa shape index (κ1) is 30.6. The third-order valence-corrected chi connectivity index (χ3v) is 8.65. The molecule has 1 fully saturated rings. The maximum atomic E-state index is 14.0. The number of nitrogens with one attached hydrogen (secondary N) is 1. The zero-order valence-electron chi connectivity index (χ0n) is 26.2. The molecule has 2 bridgehead atoms. The number of fused-ring (bicyclic) bond motifs is 2. The largest absolute Gasteiger partial charge is 0.493 e. The Morgan fingerprint density at radius 2 is 1.58 bits per heavy atom. The number of rotatable bonds is 9. The molecular formula is C37H45N3O3. The van der Waals surface area contributed by atoms with Crippen molar-refractivity contribution in [1.29, 1.82) is 0 Å². The second-order valence-electron chi connectivity index (χ2n) is 12.9. The fraction of sp³-hybridized carbons (Fsp3) is 0.405. The van der Waals surface area contributed by atoms with Crippen molar-refractivity contribution in [3.8, 4) is 5.75 Å². The van der Waals surface area contributed by atoms with Crippen molar-refractivity contribution in [3.63, 3.8) is 0 Å². The van der Waals surface area contributed by atoms with E-state index in [1.807, 2.05) is 47.2 Å². The lowest BCUT2D eigenvalue weighted by Crippen LogP contribution is -2.61. The molecule has 0 saturated carbocycles. The van der Waals surface area contributed by atoms with Crippen molar-refractivity contribution in [1.82, 2.24) is 15.1 Å². The van der Waals surface area contributed by atoms with Gasteiger partial charge in [0.25, 0.3) is 5.91 Å². The summed E-state index contributed by atoms with van der Waals surface area (Å²) in [6, 6.07) is 27.1. The molecule has 0 aliphatic carbocycles. The van der Waals surface area contributed by atoms with E-state index in [4.69, 9.17) is 4.74 Å². The van der Waals surface area contributed by atoms with Crippen LogP contribution in [0.5, 0.6) is 5.75 Å². The Labute approximate surface area is 256 Å². The lowest BCUT2D eigenvalue weighted by molar-refractivity contribution is -0.132. The van der Waals surface area contributed by atoms with E-state index in [2.05, 4.69) is 74.6 Å². The van der Waals surface area contributed by atoms with E-state index >= 15 is 0 Å². The van der Waals surface area contributed by atoms with Crippen LogP contribution in [0.4, 0.5) is 0 Å². The quantitative estimate of drug-likeness (QED) is 0.356. The maximum Gasteiger partial charge on any atom is 0.251 e. The number of piperazine rings is 1. The minimum atomic E-state index is -0.186. The van der Waals surface area contributed by atoms with Crippen LogP contribution in [-0.2, 0) is 27.8 Å². The zero-order chi connectivity index (χ0) is 30.6. The van der Waals surface area contributed by atoms with Gasteiger partial charge in [0, 0.05) is 51.6 Å². The molecule has 2 heterocycles. The van der Waals surface area contributed by atoms with Gasteiger partial charge in [0.2, 0.25) is 5.91 Å². The summed E-state index contributed by atoms with van der Waals surface area (Å²) >= 11 is 0. The number of benzene rings is 3. The van der Waals surface area contributed by atoms with Gasteiger partial charge in [-0.25, -0.2) is 0 Å². The third-order valence-electron chi connectivity index (χ3n) is 8.65. The van der Waals surface area contributed by atoms with Gasteiger partial charge < -0.3 is 19.9 Å².